The summed E-state index contributed by atoms with van der Waals surface area (Å²) >= 11 is 0. The predicted molar refractivity (Wildman–Crippen MR) is 66.3 cm³/mol. The summed E-state index contributed by atoms with van der Waals surface area (Å²) in [5, 5.41) is 0. The van der Waals surface area contributed by atoms with Gasteiger partial charge in [-0.05, 0) is 56.3 Å². The molecular weight excluding hydrogens is 196 g/mol. The zero-order valence-corrected chi connectivity index (χ0v) is 10.9. The molecule has 1 saturated heterocycles. The van der Waals surface area contributed by atoms with Crippen molar-refractivity contribution in [2.45, 2.75) is 64.6 Å². The summed E-state index contributed by atoms with van der Waals surface area (Å²) in [5.74, 6) is 1.68. The molecule has 1 aliphatic heterocycles. The molecule has 0 aromatic heterocycles. The second kappa shape index (κ2) is 3.13. The van der Waals surface area contributed by atoms with Gasteiger partial charge in [0.25, 0.3) is 0 Å². The number of allylic oxidation sites excluding steroid dienone is 1. The van der Waals surface area contributed by atoms with Gasteiger partial charge in [0.05, 0.1) is 11.7 Å². The lowest BCUT2D eigenvalue weighted by Crippen LogP contribution is -2.44. The van der Waals surface area contributed by atoms with Gasteiger partial charge in [0.15, 0.2) is 0 Å². The molecular formula is C15H24O. The third-order valence-electron chi connectivity index (χ3n) is 5.47. The van der Waals surface area contributed by atoms with E-state index in [9.17, 15) is 0 Å². The molecule has 1 heterocycles. The molecule has 0 aromatic carbocycles. The molecule has 0 bridgehead atoms. The topological polar surface area (TPSA) is 12.5 Å². The van der Waals surface area contributed by atoms with Gasteiger partial charge in [-0.15, -0.1) is 0 Å². The second-order valence-electron chi connectivity index (χ2n) is 7.06. The molecule has 0 spiro atoms. The first-order valence-electron chi connectivity index (χ1n) is 6.78. The van der Waals surface area contributed by atoms with Crippen molar-refractivity contribution in [2.24, 2.45) is 17.3 Å². The van der Waals surface area contributed by atoms with Crippen molar-refractivity contribution in [1.82, 2.24) is 0 Å². The molecule has 2 aliphatic carbocycles. The normalized spacial score (nSPS) is 50.2. The van der Waals surface area contributed by atoms with Crippen molar-refractivity contribution in [2.75, 3.05) is 0 Å². The van der Waals surface area contributed by atoms with Gasteiger partial charge in [-0.2, -0.15) is 0 Å². The van der Waals surface area contributed by atoms with Gasteiger partial charge in [-0.1, -0.05) is 26.0 Å². The zero-order valence-electron chi connectivity index (χ0n) is 10.9. The minimum absolute atomic E-state index is 0.223. The van der Waals surface area contributed by atoms with Gasteiger partial charge in [-0.3, -0.25) is 0 Å². The summed E-state index contributed by atoms with van der Waals surface area (Å²) < 4.78 is 5.86. The Hall–Kier alpha value is -0.300. The maximum absolute atomic E-state index is 5.86. The van der Waals surface area contributed by atoms with E-state index in [1.165, 1.54) is 37.7 Å². The van der Waals surface area contributed by atoms with Gasteiger partial charge in [-0.25, -0.2) is 0 Å². The van der Waals surface area contributed by atoms with Gasteiger partial charge >= 0.3 is 0 Å². The van der Waals surface area contributed by atoms with E-state index in [-0.39, 0.29) is 5.60 Å². The summed E-state index contributed by atoms with van der Waals surface area (Å²) in [7, 11) is 0. The number of hydrogen-bond acceptors (Lipinski definition) is 1. The van der Waals surface area contributed by atoms with Crippen LogP contribution in [0.1, 0.15) is 52.9 Å². The molecule has 0 aromatic rings. The Morgan fingerprint density at radius 3 is 2.69 bits per heavy atom. The fraction of sp³-hybridized carbons (Fsp3) is 0.867. The molecule has 1 nitrogen and oxygen atoms in total. The van der Waals surface area contributed by atoms with Crippen LogP contribution in [0.25, 0.3) is 0 Å². The lowest BCUT2D eigenvalue weighted by atomic mass is 9.52. The smallest absolute Gasteiger partial charge is 0.0920 e. The van der Waals surface area contributed by atoms with Crippen LogP contribution in [0, 0.1) is 17.3 Å². The van der Waals surface area contributed by atoms with E-state index in [0.29, 0.717) is 11.5 Å². The fourth-order valence-electron chi connectivity index (χ4n) is 4.08. The quantitative estimate of drug-likeness (QED) is 0.445. The van der Waals surface area contributed by atoms with Crippen LogP contribution in [0.4, 0.5) is 0 Å². The average Bonchev–Trinajstić information content (AvgIpc) is 2.82. The third kappa shape index (κ3) is 1.48. The van der Waals surface area contributed by atoms with Gasteiger partial charge in [0, 0.05) is 0 Å². The van der Waals surface area contributed by atoms with Crippen LogP contribution in [0.5, 0.6) is 0 Å². The van der Waals surface area contributed by atoms with E-state index < -0.39 is 0 Å². The summed E-state index contributed by atoms with van der Waals surface area (Å²) in [4.78, 5) is 0. The molecule has 1 heteroatoms. The van der Waals surface area contributed by atoms with E-state index in [0.717, 1.165) is 11.8 Å². The van der Waals surface area contributed by atoms with Crippen LogP contribution in [0.15, 0.2) is 12.2 Å². The van der Waals surface area contributed by atoms with E-state index >= 15 is 0 Å². The highest BCUT2D eigenvalue weighted by Crippen LogP contribution is 2.59. The molecule has 4 atom stereocenters. The van der Waals surface area contributed by atoms with Crippen molar-refractivity contribution in [3.63, 3.8) is 0 Å². The van der Waals surface area contributed by atoms with Crippen molar-refractivity contribution in [3.8, 4) is 0 Å². The maximum Gasteiger partial charge on any atom is 0.0920 e. The van der Waals surface area contributed by atoms with Crippen molar-refractivity contribution < 1.29 is 4.74 Å². The minimum atomic E-state index is 0.223. The average molecular weight is 220 g/mol. The number of rotatable bonds is 0. The van der Waals surface area contributed by atoms with Crippen LogP contribution in [-0.4, -0.2) is 11.7 Å². The molecule has 3 unspecified atom stereocenters. The highest BCUT2D eigenvalue weighted by molar-refractivity contribution is 5.16. The number of ether oxygens (including phenoxy) is 1. The van der Waals surface area contributed by atoms with Crippen molar-refractivity contribution in [3.05, 3.63) is 12.2 Å². The fourth-order valence-corrected chi connectivity index (χ4v) is 4.08. The molecule has 90 valence electrons. The molecule has 0 amide bonds. The second-order valence-corrected chi connectivity index (χ2v) is 7.06. The standard InChI is InChI=1S/C15H24O/c1-10-5-6-13-15(4,16-13)8-7-12-11(10)9-14(12,2)3/h11-13H,1,5-9H2,2-4H3/t11?,12?,13?,15-/m1/s1. The molecule has 0 radical (unpaired) electrons. The highest BCUT2D eigenvalue weighted by Gasteiger charge is 2.55. The van der Waals surface area contributed by atoms with Crippen molar-refractivity contribution in [1.29, 1.82) is 0 Å². The first-order chi connectivity index (χ1) is 7.42. The Morgan fingerprint density at radius 1 is 1.25 bits per heavy atom. The summed E-state index contributed by atoms with van der Waals surface area (Å²) in [6, 6.07) is 0. The Labute approximate surface area is 99.3 Å². The molecule has 16 heavy (non-hydrogen) atoms. The van der Waals surface area contributed by atoms with Crippen LogP contribution in [-0.2, 0) is 4.74 Å². The summed E-state index contributed by atoms with van der Waals surface area (Å²) in [6.07, 6.45) is 6.89. The Balaban J connectivity index is 1.78. The Kier molecular flexibility index (Phi) is 2.12. The Morgan fingerprint density at radius 2 is 2.00 bits per heavy atom. The lowest BCUT2D eigenvalue weighted by Gasteiger charge is -2.53. The Bertz CT molecular complexity index is 330. The monoisotopic (exact) mass is 220 g/mol. The molecule has 2 saturated carbocycles. The molecule has 3 fully saturated rings. The number of fused-ring (bicyclic) bond motifs is 2. The predicted octanol–water partition coefficient (Wildman–Crippen LogP) is 3.94. The van der Waals surface area contributed by atoms with Crippen LogP contribution in [0.3, 0.4) is 0 Å². The number of hydrogen-bond donors (Lipinski definition) is 0. The van der Waals surface area contributed by atoms with Crippen LogP contribution >= 0.6 is 0 Å². The SMILES string of the molecule is C=C1CCC2O[C@]2(C)CCC2C1CC2(C)C. The third-order valence-corrected chi connectivity index (χ3v) is 5.47. The first kappa shape index (κ1) is 10.8. The van der Waals surface area contributed by atoms with Crippen molar-refractivity contribution >= 4 is 0 Å². The zero-order chi connectivity index (χ0) is 11.6. The largest absolute Gasteiger partial charge is 0.366 e. The van der Waals surface area contributed by atoms with E-state index in [4.69, 9.17) is 4.74 Å². The molecule has 3 rings (SSSR count). The maximum atomic E-state index is 5.86. The minimum Gasteiger partial charge on any atom is -0.366 e. The summed E-state index contributed by atoms with van der Waals surface area (Å²) in [5.41, 5.74) is 2.27. The molecule has 3 aliphatic rings. The first-order valence-corrected chi connectivity index (χ1v) is 6.78. The van der Waals surface area contributed by atoms with E-state index in [1.54, 1.807) is 0 Å². The molecule has 0 N–H and O–H groups in total. The lowest BCUT2D eigenvalue weighted by molar-refractivity contribution is -0.00211. The van der Waals surface area contributed by atoms with Gasteiger partial charge < -0.3 is 4.74 Å². The van der Waals surface area contributed by atoms with E-state index in [1.807, 2.05) is 0 Å². The highest BCUT2D eigenvalue weighted by atomic mass is 16.6. The van der Waals surface area contributed by atoms with Crippen LogP contribution in [0.2, 0.25) is 0 Å². The van der Waals surface area contributed by atoms with Gasteiger partial charge in [0.2, 0.25) is 0 Å². The van der Waals surface area contributed by atoms with Gasteiger partial charge in [0.1, 0.15) is 0 Å². The summed E-state index contributed by atoms with van der Waals surface area (Å²) in [6.45, 7) is 11.5. The number of epoxide rings is 1. The van der Waals surface area contributed by atoms with E-state index in [2.05, 4.69) is 27.4 Å². The van der Waals surface area contributed by atoms with Crippen LogP contribution < -0.4 is 0 Å².